The van der Waals surface area contributed by atoms with E-state index < -0.39 is 0 Å². The number of carbonyl (C=O) groups is 1. The molecule has 1 rings (SSSR count). The van der Waals surface area contributed by atoms with Crippen LogP contribution in [0.3, 0.4) is 0 Å². The number of hydrogen-bond donors (Lipinski definition) is 2. The smallest absolute Gasteiger partial charge is 0.263 e. The van der Waals surface area contributed by atoms with Crippen LogP contribution >= 0.6 is 0 Å². The fraction of sp³-hybridized carbons (Fsp3) is 0.667. The molecule has 0 aromatic carbocycles. The average molecular weight is 252 g/mol. The highest BCUT2D eigenvalue weighted by Gasteiger charge is 2.12. The Hall–Kier alpha value is -1.58. The fourth-order valence-corrected chi connectivity index (χ4v) is 1.65. The third-order valence-corrected chi connectivity index (χ3v) is 2.64. The number of amides is 1. The minimum atomic E-state index is -0.313. The SMILES string of the molecule is COCCCNC(=O)/C(C#N)=C\N1CCNCC1. The first-order valence-electron chi connectivity index (χ1n) is 6.11. The number of ether oxygens (including phenoxy) is 1. The molecule has 0 atom stereocenters. The third-order valence-electron chi connectivity index (χ3n) is 2.64. The molecule has 1 heterocycles. The van der Waals surface area contributed by atoms with Crippen LogP contribution < -0.4 is 10.6 Å². The van der Waals surface area contributed by atoms with Crippen molar-refractivity contribution in [2.75, 3.05) is 46.4 Å². The minimum Gasteiger partial charge on any atom is -0.385 e. The van der Waals surface area contributed by atoms with E-state index in [0.29, 0.717) is 13.2 Å². The molecule has 1 amide bonds. The third kappa shape index (κ3) is 5.17. The minimum absolute atomic E-state index is 0.161. The standard InChI is InChI=1S/C12H20N4O2/c1-18-8-2-3-15-12(17)11(9-13)10-16-6-4-14-5-7-16/h10,14H,2-8H2,1H3,(H,15,17)/b11-10-. The summed E-state index contributed by atoms with van der Waals surface area (Å²) in [4.78, 5) is 13.7. The molecule has 0 saturated carbocycles. The number of carbonyl (C=O) groups excluding carboxylic acids is 1. The molecule has 2 N–H and O–H groups in total. The number of piperazine rings is 1. The van der Waals surface area contributed by atoms with Crippen molar-refractivity contribution >= 4 is 5.91 Å². The van der Waals surface area contributed by atoms with Crippen molar-refractivity contribution in [1.29, 1.82) is 5.26 Å². The summed E-state index contributed by atoms with van der Waals surface area (Å²) in [7, 11) is 1.62. The highest BCUT2D eigenvalue weighted by atomic mass is 16.5. The second-order valence-electron chi connectivity index (χ2n) is 4.04. The van der Waals surface area contributed by atoms with E-state index in [4.69, 9.17) is 10.00 Å². The summed E-state index contributed by atoms with van der Waals surface area (Å²) in [6.07, 6.45) is 2.39. The summed E-state index contributed by atoms with van der Waals surface area (Å²) in [5, 5.41) is 14.9. The molecular weight excluding hydrogens is 232 g/mol. The molecule has 0 aliphatic carbocycles. The van der Waals surface area contributed by atoms with Crippen molar-refractivity contribution in [2.24, 2.45) is 0 Å². The monoisotopic (exact) mass is 252 g/mol. The van der Waals surface area contributed by atoms with Gasteiger partial charge in [-0.2, -0.15) is 5.26 Å². The van der Waals surface area contributed by atoms with Crippen molar-refractivity contribution < 1.29 is 9.53 Å². The molecule has 0 aromatic heterocycles. The van der Waals surface area contributed by atoms with Crippen molar-refractivity contribution in [3.8, 4) is 6.07 Å². The second-order valence-corrected chi connectivity index (χ2v) is 4.04. The molecule has 100 valence electrons. The Balaban J connectivity index is 2.41. The van der Waals surface area contributed by atoms with Crippen LogP contribution in [-0.2, 0) is 9.53 Å². The first-order valence-corrected chi connectivity index (χ1v) is 6.11. The van der Waals surface area contributed by atoms with Gasteiger partial charge >= 0.3 is 0 Å². The molecule has 0 radical (unpaired) electrons. The number of rotatable bonds is 6. The van der Waals surface area contributed by atoms with Gasteiger partial charge in [-0.15, -0.1) is 0 Å². The topological polar surface area (TPSA) is 77.4 Å². The van der Waals surface area contributed by atoms with Crippen LogP contribution in [0.5, 0.6) is 0 Å². The number of hydrogen-bond acceptors (Lipinski definition) is 5. The Morgan fingerprint density at radius 1 is 1.56 bits per heavy atom. The van der Waals surface area contributed by atoms with Crippen LogP contribution in [-0.4, -0.2) is 57.2 Å². The van der Waals surface area contributed by atoms with Crippen LogP contribution in [0.1, 0.15) is 6.42 Å². The van der Waals surface area contributed by atoms with Crippen molar-refractivity contribution in [2.45, 2.75) is 6.42 Å². The van der Waals surface area contributed by atoms with E-state index in [9.17, 15) is 4.79 Å². The molecular formula is C12H20N4O2. The first kappa shape index (κ1) is 14.5. The van der Waals surface area contributed by atoms with Gasteiger partial charge < -0.3 is 20.3 Å². The average Bonchev–Trinajstić information content (AvgIpc) is 2.42. The van der Waals surface area contributed by atoms with Gasteiger partial charge in [-0.25, -0.2) is 0 Å². The Bertz CT molecular complexity index is 329. The Morgan fingerprint density at radius 3 is 2.89 bits per heavy atom. The molecule has 1 fully saturated rings. The van der Waals surface area contributed by atoms with E-state index in [1.165, 1.54) is 0 Å². The lowest BCUT2D eigenvalue weighted by atomic mass is 10.2. The number of methoxy groups -OCH3 is 1. The van der Waals surface area contributed by atoms with E-state index in [1.54, 1.807) is 13.3 Å². The van der Waals surface area contributed by atoms with E-state index in [-0.39, 0.29) is 11.5 Å². The van der Waals surface area contributed by atoms with Gasteiger partial charge in [-0.1, -0.05) is 0 Å². The predicted octanol–water partition coefficient (Wildman–Crippen LogP) is -0.548. The Kier molecular flexibility index (Phi) is 6.84. The lowest BCUT2D eigenvalue weighted by Crippen LogP contribution is -2.41. The predicted molar refractivity (Wildman–Crippen MR) is 67.6 cm³/mol. The molecule has 6 heteroatoms. The molecule has 1 aliphatic heterocycles. The van der Waals surface area contributed by atoms with Gasteiger partial charge in [0.1, 0.15) is 11.6 Å². The second kappa shape index (κ2) is 8.50. The summed E-state index contributed by atoms with van der Waals surface area (Å²) in [5.41, 5.74) is 0.161. The van der Waals surface area contributed by atoms with Crippen LogP contribution in [0, 0.1) is 11.3 Å². The van der Waals surface area contributed by atoms with Crippen molar-refractivity contribution in [3.05, 3.63) is 11.8 Å². The molecule has 0 unspecified atom stereocenters. The van der Waals surface area contributed by atoms with Gasteiger partial charge in [0.25, 0.3) is 5.91 Å². The Morgan fingerprint density at radius 2 is 2.28 bits per heavy atom. The van der Waals surface area contributed by atoms with Crippen LogP contribution in [0.2, 0.25) is 0 Å². The number of nitriles is 1. The number of nitrogens with zero attached hydrogens (tertiary/aromatic N) is 2. The zero-order chi connectivity index (χ0) is 13.2. The molecule has 1 aliphatic rings. The van der Waals surface area contributed by atoms with Gasteiger partial charge in [0.15, 0.2) is 0 Å². The van der Waals surface area contributed by atoms with Gasteiger partial charge in [0.05, 0.1) is 0 Å². The van der Waals surface area contributed by atoms with E-state index >= 15 is 0 Å². The maximum Gasteiger partial charge on any atom is 0.263 e. The van der Waals surface area contributed by atoms with Gasteiger partial charge in [0, 0.05) is 52.6 Å². The number of nitrogens with one attached hydrogen (secondary N) is 2. The highest BCUT2D eigenvalue weighted by molar-refractivity contribution is 5.97. The molecule has 6 nitrogen and oxygen atoms in total. The summed E-state index contributed by atoms with van der Waals surface area (Å²) in [6, 6.07) is 1.95. The van der Waals surface area contributed by atoms with E-state index in [2.05, 4.69) is 10.6 Å². The summed E-state index contributed by atoms with van der Waals surface area (Å²) in [6.45, 7) is 4.52. The van der Waals surface area contributed by atoms with Gasteiger partial charge in [-0.3, -0.25) is 4.79 Å². The first-order chi connectivity index (χ1) is 8.77. The largest absolute Gasteiger partial charge is 0.385 e. The molecule has 0 aromatic rings. The van der Waals surface area contributed by atoms with Crippen LogP contribution in [0.25, 0.3) is 0 Å². The van der Waals surface area contributed by atoms with Crippen LogP contribution in [0.15, 0.2) is 11.8 Å². The lowest BCUT2D eigenvalue weighted by Gasteiger charge is -2.26. The van der Waals surface area contributed by atoms with Crippen molar-refractivity contribution in [3.63, 3.8) is 0 Å². The van der Waals surface area contributed by atoms with Gasteiger partial charge in [-0.05, 0) is 6.42 Å². The Labute approximate surface area is 108 Å². The zero-order valence-corrected chi connectivity index (χ0v) is 10.7. The molecule has 1 saturated heterocycles. The van der Waals surface area contributed by atoms with Crippen LogP contribution in [0.4, 0.5) is 0 Å². The quantitative estimate of drug-likeness (QED) is 0.377. The zero-order valence-electron chi connectivity index (χ0n) is 10.7. The van der Waals surface area contributed by atoms with Gasteiger partial charge in [0.2, 0.25) is 0 Å². The lowest BCUT2D eigenvalue weighted by molar-refractivity contribution is -0.117. The maximum absolute atomic E-state index is 11.7. The normalized spacial score (nSPS) is 16.2. The molecule has 0 bridgehead atoms. The molecule has 0 spiro atoms. The van der Waals surface area contributed by atoms with E-state index in [1.807, 2.05) is 11.0 Å². The van der Waals surface area contributed by atoms with E-state index in [0.717, 1.165) is 32.6 Å². The maximum atomic E-state index is 11.7. The summed E-state index contributed by atoms with van der Waals surface area (Å²) in [5.74, 6) is -0.313. The summed E-state index contributed by atoms with van der Waals surface area (Å²) < 4.78 is 4.89. The van der Waals surface area contributed by atoms with Crippen molar-refractivity contribution in [1.82, 2.24) is 15.5 Å². The molecule has 18 heavy (non-hydrogen) atoms. The fourth-order valence-electron chi connectivity index (χ4n) is 1.65. The highest BCUT2D eigenvalue weighted by Crippen LogP contribution is 2.00. The summed E-state index contributed by atoms with van der Waals surface area (Å²) >= 11 is 0.